The summed E-state index contributed by atoms with van der Waals surface area (Å²) in [5.74, 6) is -0.675. The number of nitrogens with zero attached hydrogens (tertiary/aromatic N) is 2. The number of aliphatic hydroxyl groups is 1. The monoisotopic (exact) mass is 797 g/mol. The lowest BCUT2D eigenvalue weighted by Gasteiger charge is -2.42. The van der Waals surface area contributed by atoms with Crippen molar-refractivity contribution in [2.45, 2.75) is 102 Å². The lowest BCUT2D eigenvalue weighted by atomic mass is 9.83. The van der Waals surface area contributed by atoms with Crippen LogP contribution in [-0.4, -0.2) is 116 Å². The molecule has 0 radical (unpaired) electrons. The topological polar surface area (TPSA) is 156 Å². The molecule has 8 atom stereocenters. The Kier molecular flexibility index (Phi) is 14.6. The number of hydrogen-bond acceptors (Lipinski definition) is 12. The molecule has 2 N–H and O–H groups in total. The van der Waals surface area contributed by atoms with Gasteiger partial charge in [0, 0.05) is 45.7 Å². The van der Waals surface area contributed by atoms with E-state index in [1.807, 2.05) is 19.3 Å². The Morgan fingerprint density at radius 2 is 1.98 bits per heavy atom. The van der Waals surface area contributed by atoms with Gasteiger partial charge in [-0.3, -0.25) is 14.9 Å². The molecule has 2 saturated heterocycles. The fourth-order valence-corrected chi connectivity index (χ4v) is 8.36. The first-order valence-electron chi connectivity index (χ1n) is 17.5. The van der Waals surface area contributed by atoms with Crippen LogP contribution in [0.2, 0.25) is 5.02 Å². The van der Waals surface area contributed by atoms with Crippen LogP contribution >= 0.6 is 33.2 Å². The van der Waals surface area contributed by atoms with Gasteiger partial charge in [-0.15, -0.1) is 0 Å². The number of carbonyl (C=O) groups excluding carboxylic acids is 4. The Morgan fingerprint density at radius 3 is 2.64 bits per heavy atom. The minimum absolute atomic E-state index is 0.0446. The molecule has 2 fully saturated rings. The molecule has 3 amide bonds. The third-order valence-corrected chi connectivity index (χ3v) is 12.5. The summed E-state index contributed by atoms with van der Waals surface area (Å²) in [5.41, 5.74) is -0.881. The number of alkyl carbamates (subject to hydrolysis) is 1. The number of methoxy groups -OCH3 is 2. The second-order valence-electron chi connectivity index (χ2n) is 14.0. The van der Waals surface area contributed by atoms with E-state index >= 15 is 0 Å². The average molecular weight is 798 g/mol. The van der Waals surface area contributed by atoms with Gasteiger partial charge >= 0.3 is 12.1 Å². The molecule has 1 aromatic carbocycles. The highest BCUT2D eigenvalue weighted by Crippen LogP contribution is 2.49. The SMILES string of the molecule is COc1cc2cc(c1Cl)N(C)C(=O)C[C@H](OC(=O)[C@H](C)N(C)C(=O)CCCSSC)[C@]1(C)O[C@H]1[C@H](C)[C@@H]1C[C@@](O)(NC(=O)O1)[C@H](OC)/C=C/C=C(/C)C2. The second-order valence-corrected chi connectivity index (χ2v) is 17.1. The maximum absolute atomic E-state index is 14.1. The molecule has 0 aromatic heterocycles. The molecule has 0 spiro atoms. The first kappa shape index (κ1) is 42.8. The van der Waals surface area contributed by atoms with E-state index in [-0.39, 0.29) is 30.2 Å². The lowest BCUT2D eigenvalue weighted by molar-refractivity contribution is -0.162. The van der Waals surface area contributed by atoms with Gasteiger partial charge in [0.2, 0.25) is 11.8 Å². The van der Waals surface area contributed by atoms with E-state index in [1.165, 1.54) is 24.0 Å². The van der Waals surface area contributed by atoms with Crippen LogP contribution in [0.15, 0.2) is 35.9 Å². The summed E-state index contributed by atoms with van der Waals surface area (Å²) in [6.45, 7) is 7.04. The fourth-order valence-electron chi connectivity index (χ4n) is 6.76. The summed E-state index contributed by atoms with van der Waals surface area (Å²) in [6, 6.07) is 2.64. The van der Waals surface area contributed by atoms with Crippen LogP contribution in [0.4, 0.5) is 10.5 Å². The molecule has 294 valence electrons. The number of carbonyl (C=O) groups is 4. The average Bonchev–Trinajstić information content (AvgIpc) is 3.81. The van der Waals surface area contributed by atoms with Crippen LogP contribution in [0.1, 0.15) is 58.9 Å². The summed E-state index contributed by atoms with van der Waals surface area (Å²) >= 11 is 6.76. The Morgan fingerprint density at radius 1 is 1.26 bits per heavy atom. The molecule has 0 aliphatic carbocycles. The molecular formula is C37H52ClN3O10S2. The highest BCUT2D eigenvalue weighted by Gasteiger charge is 2.64. The van der Waals surface area contributed by atoms with Crippen molar-refractivity contribution >= 4 is 62.8 Å². The zero-order valence-electron chi connectivity index (χ0n) is 31.8. The third-order valence-electron chi connectivity index (χ3n) is 10.3. The number of halogens is 1. The number of ether oxygens (including phenoxy) is 5. The molecule has 53 heavy (non-hydrogen) atoms. The molecular weight excluding hydrogens is 746 g/mol. The quantitative estimate of drug-likeness (QED) is 0.137. The molecule has 13 nitrogen and oxygen atoms in total. The van der Waals surface area contributed by atoms with Crippen LogP contribution in [0, 0.1) is 5.92 Å². The molecule has 4 rings (SSSR count). The summed E-state index contributed by atoms with van der Waals surface area (Å²) in [5, 5.41) is 14.5. The number of nitrogens with one attached hydrogen (secondary N) is 1. The predicted molar refractivity (Wildman–Crippen MR) is 206 cm³/mol. The van der Waals surface area contributed by atoms with E-state index < -0.39 is 65.7 Å². The van der Waals surface area contributed by atoms with Crippen LogP contribution in [0.5, 0.6) is 5.75 Å². The fraction of sp³-hybridized carbons (Fsp3) is 0.622. The van der Waals surface area contributed by atoms with Crippen molar-refractivity contribution in [2.75, 3.05) is 45.2 Å². The molecule has 1 aromatic rings. The number of hydrogen-bond donors (Lipinski definition) is 2. The van der Waals surface area contributed by atoms with E-state index in [0.29, 0.717) is 24.3 Å². The van der Waals surface area contributed by atoms with E-state index in [4.69, 9.17) is 35.3 Å². The number of allylic oxidation sites excluding steroid dienone is 3. The van der Waals surface area contributed by atoms with Gasteiger partial charge in [0.05, 0.1) is 25.3 Å². The number of benzene rings is 1. The first-order chi connectivity index (χ1) is 25.0. The Labute approximate surface area is 324 Å². The van der Waals surface area contributed by atoms with Crippen LogP contribution in [0.25, 0.3) is 0 Å². The van der Waals surface area contributed by atoms with Crippen molar-refractivity contribution in [1.82, 2.24) is 10.2 Å². The number of amides is 3. The van der Waals surface area contributed by atoms with Crippen molar-refractivity contribution in [3.05, 3.63) is 46.5 Å². The maximum atomic E-state index is 14.1. The van der Waals surface area contributed by atoms with Crippen LogP contribution < -0.4 is 15.0 Å². The molecule has 3 aliphatic rings. The predicted octanol–water partition coefficient (Wildman–Crippen LogP) is 5.31. The zero-order chi connectivity index (χ0) is 39.2. The van der Waals surface area contributed by atoms with Crippen LogP contribution in [0.3, 0.4) is 0 Å². The highest BCUT2D eigenvalue weighted by atomic mass is 35.5. The molecule has 3 aliphatic heterocycles. The van der Waals surface area contributed by atoms with Crippen molar-refractivity contribution in [2.24, 2.45) is 5.92 Å². The van der Waals surface area contributed by atoms with Gasteiger partial charge in [-0.05, 0) is 57.6 Å². The van der Waals surface area contributed by atoms with E-state index in [0.717, 1.165) is 16.9 Å². The van der Waals surface area contributed by atoms with Gasteiger partial charge in [0.25, 0.3) is 0 Å². The molecule has 0 saturated carbocycles. The molecule has 3 heterocycles. The van der Waals surface area contributed by atoms with E-state index in [2.05, 4.69) is 5.32 Å². The summed E-state index contributed by atoms with van der Waals surface area (Å²) < 4.78 is 29.2. The Bertz CT molecular complexity index is 1600. The number of rotatable bonds is 10. The van der Waals surface area contributed by atoms with Crippen molar-refractivity contribution < 1.29 is 48.0 Å². The number of epoxide rings is 1. The molecule has 4 bridgehead atoms. The smallest absolute Gasteiger partial charge is 0.409 e. The summed E-state index contributed by atoms with van der Waals surface area (Å²) in [6.07, 6.45) is 3.92. The first-order valence-corrected chi connectivity index (χ1v) is 20.6. The lowest BCUT2D eigenvalue weighted by Crippen LogP contribution is -2.63. The summed E-state index contributed by atoms with van der Waals surface area (Å²) in [7, 11) is 9.35. The van der Waals surface area contributed by atoms with Gasteiger partial charge in [-0.25, -0.2) is 9.59 Å². The van der Waals surface area contributed by atoms with E-state index in [9.17, 15) is 24.3 Å². The minimum atomic E-state index is -1.82. The van der Waals surface area contributed by atoms with Gasteiger partial charge in [-0.2, -0.15) is 0 Å². The van der Waals surface area contributed by atoms with Crippen molar-refractivity contribution in [3.63, 3.8) is 0 Å². The number of esters is 1. The van der Waals surface area contributed by atoms with E-state index in [1.54, 1.807) is 80.7 Å². The van der Waals surface area contributed by atoms with Gasteiger partial charge in [0.15, 0.2) is 5.72 Å². The van der Waals surface area contributed by atoms with Gasteiger partial charge in [-0.1, -0.05) is 63.9 Å². The van der Waals surface area contributed by atoms with Gasteiger partial charge in [0.1, 0.15) is 40.7 Å². The molecule has 0 unspecified atom stereocenters. The standard InChI is InChI=1S/C37H52ClN3O10S2/c1-21-12-10-13-28(48-8)37(46)20-27(49-35(45)39-37)22(2)33-36(4,51-33)29(50-34(44)23(3)40(5)30(42)14-11-15-53-52-9)19-31(43)41(6)25-17-24(16-21)18-26(47-7)32(25)38/h10,12-13,17-18,22-23,27-29,33,46H,11,14-16,19-20H2,1-9H3,(H,39,45)/b13-10+,21-12-/t22-,23+,27+,28-,29+,33+,36+,37+/m1/s1. The highest BCUT2D eigenvalue weighted by molar-refractivity contribution is 8.76. The Balaban J connectivity index is 1.72. The Hall–Kier alpha value is -2.95. The number of fused-ring (bicyclic) bond motifs is 5. The van der Waals surface area contributed by atoms with Crippen molar-refractivity contribution in [1.29, 1.82) is 0 Å². The minimum Gasteiger partial charge on any atom is -0.495 e. The number of likely N-dealkylation sites (N-methyl/N-ethyl adjacent to an activating group) is 1. The van der Waals surface area contributed by atoms with Gasteiger partial charge < -0.3 is 38.6 Å². The van der Waals surface area contributed by atoms with Crippen LogP contribution in [-0.2, 0) is 39.8 Å². The van der Waals surface area contributed by atoms with Crippen molar-refractivity contribution in [3.8, 4) is 5.75 Å². The maximum Gasteiger partial charge on any atom is 0.409 e. The zero-order valence-corrected chi connectivity index (χ0v) is 34.2. The summed E-state index contributed by atoms with van der Waals surface area (Å²) in [4.78, 5) is 56.4. The second kappa shape index (κ2) is 18.1. The third kappa shape index (κ3) is 10.0. The molecule has 16 heteroatoms. The normalized spacial score (nSPS) is 31.2. The number of anilines is 1. The largest absolute Gasteiger partial charge is 0.495 e.